The third kappa shape index (κ3) is 9.32. The van der Waals surface area contributed by atoms with Crippen LogP contribution in [0.4, 0.5) is 4.79 Å². The highest BCUT2D eigenvalue weighted by molar-refractivity contribution is 7.99. The van der Waals surface area contributed by atoms with E-state index in [1.54, 1.807) is 12.1 Å². The van der Waals surface area contributed by atoms with Gasteiger partial charge in [-0.25, -0.2) is 9.59 Å². The van der Waals surface area contributed by atoms with E-state index in [0.29, 0.717) is 12.0 Å². The minimum atomic E-state index is -1.11. The lowest BCUT2D eigenvalue weighted by Gasteiger charge is -2.18. The number of esters is 1. The molecule has 0 saturated heterocycles. The number of pyridine rings is 1. The molecule has 0 aliphatic heterocycles. The van der Waals surface area contributed by atoms with Crippen molar-refractivity contribution in [1.29, 1.82) is 0 Å². The van der Waals surface area contributed by atoms with Crippen LogP contribution in [0.15, 0.2) is 54.9 Å². The van der Waals surface area contributed by atoms with Gasteiger partial charge >= 0.3 is 18.0 Å². The van der Waals surface area contributed by atoms with Crippen molar-refractivity contribution in [2.24, 2.45) is 5.92 Å². The number of rotatable bonds is 13. The van der Waals surface area contributed by atoms with Gasteiger partial charge in [0.25, 0.3) is 0 Å². The smallest absolute Gasteiger partial charge is 0.407 e. The number of carbonyl (C=O) groups is 4. The maximum Gasteiger partial charge on any atom is 0.407 e. The van der Waals surface area contributed by atoms with Crippen LogP contribution in [0.3, 0.4) is 0 Å². The van der Waals surface area contributed by atoms with Crippen LogP contribution in [-0.2, 0) is 25.5 Å². The Bertz CT molecular complexity index is 925. The number of methoxy groups -OCH3 is 1. The van der Waals surface area contributed by atoms with Gasteiger partial charge in [0.05, 0.1) is 20.1 Å². The summed E-state index contributed by atoms with van der Waals surface area (Å²) >= 11 is 1.17. The van der Waals surface area contributed by atoms with E-state index >= 15 is 0 Å². The van der Waals surface area contributed by atoms with Crippen molar-refractivity contribution in [3.8, 4) is 0 Å². The molecule has 1 amide bonds. The number of hydrogen-bond donors (Lipinski definition) is 2. The largest absolute Gasteiger partial charge is 0.481 e. The van der Waals surface area contributed by atoms with Crippen LogP contribution in [0.25, 0.3) is 0 Å². The summed E-state index contributed by atoms with van der Waals surface area (Å²) in [6.07, 6.45) is 2.29. The molecule has 0 aliphatic carbocycles. The van der Waals surface area contributed by atoms with Gasteiger partial charge in [0.2, 0.25) is 0 Å². The van der Waals surface area contributed by atoms with Crippen LogP contribution in [0.2, 0.25) is 0 Å². The second-order valence-electron chi connectivity index (χ2n) is 7.03. The number of aliphatic carboxylic acids is 1. The van der Waals surface area contributed by atoms with E-state index in [0.717, 1.165) is 5.56 Å². The number of aromatic nitrogens is 1. The molecule has 0 spiro atoms. The highest BCUT2D eigenvalue weighted by Crippen LogP contribution is 2.19. The van der Waals surface area contributed by atoms with Crippen LogP contribution in [-0.4, -0.2) is 65.2 Å². The van der Waals surface area contributed by atoms with Crippen molar-refractivity contribution in [2.45, 2.75) is 18.9 Å². The number of ether oxygens (including phenoxy) is 2. The molecule has 2 N–H and O–H groups in total. The van der Waals surface area contributed by atoms with Crippen LogP contribution >= 0.6 is 11.8 Å². The fourth-order valence-corrected chi connectivity index (χ4v) is 4.06. The number of carbonyl (C=O) groups excluding carboxylic acids is 3. The molecule has 10 heteroatoms. The van der Waals surface area contributed by atoms with Gasteiger partial charge in [0, 0.05) is 41.8 Å². The number of alkyl carbamates (subject to hydrolysis) is 1. The van der Waals surface area contributed by atoms with Crippen LogP contribution in [0, 0.1) is 5.92 Å². The van der Waals surface area contributed by atoms with Gasteiger partial charge in [-0.1, -0.05) is 30.3 Å². The molecule has 1 unspecified atom stereocenters. The lowest BCUT2D eigenvalue weighted by atomic mass is 9.97. The predicted molar refractivity (Wildman–Crippen MR) is 122 cm³/mol. The topological polar surface area (TPSA) is 132 Å². The average Bonchev–Trinajstić information content (AvgIpc) is 2.82. The quantitative estimate of drug-likeness (QED) is 0.332. The van der Waals surface area contributed by atoms with Crippen molar-refractivity contribution in [3.63, 3.8) is 0 Å². The first-order chi connectivity index (χ1) is 15.9. The normalized spacial score (nSPS) is 12.3. The summed E-state index contributed by atoms with van der Waals surface area (Å²) in [7, 11) is 1.20. The van der Waals surface area contributed by atoms with Crippen LogP contribution < -0.4 is 5.32 Å². The molecule has 1 heterocycles. The number of Topliss-reactive ketones (excluding diaryl/α,β-unsaturated/α-hetero) is 1. The second kappa shape index (κ2) is 13.9. The van der Waals surface area contributed by atoms with Crippen LogP contribution in [0.1, 0.15) is 22.3 Å². The second-order valence-corrected chi connectivity index (χ2v) is 8.10. The highest BCUT2D eigenvalue weighted by atomic mass is 32.2. The highest BCUT2D eigenvalue weighted by Gasteiger charge is 2.26. The minimum absolute atomic E-state index is 0.0803. The summed E-state index contributed by atoms with van der Waals surface area (Å²) in [5, 5.41) is 11.6. The van der Waals surface area contributed by atoms with E-state index in [9.17, 15) is 24.3 Å². The third-order valence-corrected chi connectivity index (χ3v) is 5.79. The molecule has 9 nitrogen and oxygen atoms in total. The molecule has 1 aromatic heterocycles. The third-order valence-electron chi connectivity index (χ3n) is 4.59. The van der Waals surface area contributed by atoms with Crippen molar-refractivity contribution in [1.82, 2.24) is 10.3 Å². The summed E-state index contributed by atoms with van der Waals surface area (Å²) < 4.78 is 9.88. The molecule has 0 fully saturated rings. The molecule has 0 bridgehead atoms. The van der Waals surface area contributed by atoms with E-state index in [4.69, 9.17) is 9.47 Å². The summed E-state index contributed by atoms with van der Waals surface area (Å²) in [6.45, 7) is 0.136. The Hall–Kier alpha value is -3.40. The van der Waals surface area contributed by atoms with Crippen molar-refractivity contribution >= 4 is 35.6 Å². The zero-order valence-corrected chi connectivity index (χ0v) is 19.0. The molecule has 2 aromatic rings. The number of hydrogen-bond acceptors (Lipinski definition) is 8. The van der Waals surface area contributed by atoms with Gasteiger partial charge in [0.1, 0.15) is 6.04 Å². The van der Waals surface area contributed by atoms with Crippen molar-refractivity contribution < 1.29 is 33.8 Å². The Morgan fingerprint density at radius 3 is 2.48 bits per heavy atom. The van der Waals surface area contributed by atoms with E-state index in [-0.39, 0.29) is 30.3 Å². The Labute approximate surface area is 195 Å². The average molecular weight is 475 g/mol. The summed E-state index contributed by atoms with van der Waals surface area (Å²) in [4.78, 5) is 52.0. The maximum atomic E-state index is 12.7. The number of thioether (sulfide) groups is 1. The van der Waals surface area contributed by atoms with Crippen molar-refractivity contribution in [2.75, 3.05) is 25.2 Å². The van der Waals surface area contributed by atoms with E-state index in [2.05, 4.69) is 10.3 Å². The number of benzene rings is 1. The van der Waals surface area contributed by atoms with E-state index in [1.165, 1.54) is 31.3 Å². The van der Waals surface area contributed by atoms with Gasteiger partial charge in [-0.2, -0.15) is 11.8 Å². The Morgan fingerprint density at radius 2 is 1.85 bits per heavy atom. The molecule has 2 atom stereocenters. The Morgan fingerprint density at radius 1 is 1.09 bits per heavy atom. The summed E-state index contributed by atoms with van der Waals surface area (Å²) in [6, 6.07) is 11.6. The SMILES string of the molecule is COC(=O)[C@H](CSCC(CC(=O)O)C(=O)c1cccnc1)NC(=O)OCCc1ccccc1. The van der Waals surface area contributed by atoms with E-state index in [1.807, 2.05) is 30.3 Å². The first-order valence-corrected chi connectivity index (χ1v) is 11.3. The lowest BCUT2D eigenvalue weighted by molar-refractivity contribution is -0.142. The number of ketones is 1. The number of carboxylic acid groups (broad SMARTS) is 1. The molecule has 176 valence electrons. The number of amides is 1. The molecule has 1 aromatic carbocycles. The molecule has 0 aliphatic rings. The fourth-order valence-electron chi connectivity index (χ4n) is 2.91. The zero-order chi connectivity index (χ0) is 24.1. The zero-order valence-electron chi connectivity index (χ0n) is 18.1. The molecular formula is C23H26N2O7S. The number of nitrogens with one attached hydrogen (secondary N) is 1. The Balaban J connectivity index is 1.88. The first kappa shape index (κ1) is 25.9. The maximum absolute atomic E-state index is 12.7. The Kier molecular flexibility index (Phi) is 10.9. The standard InChI is InChI=1S/C23H26N2O7S/c1-31-22(29)19(25-23(30)32-11-9-16-6-3-2-4-7-16)15-33-14-18(12-20(26)27)21(28)17-8-5-10-24-13-17/h2-8,10,13,18-19H,9,11-12,14-15H2,1H3,(H,25,30)(H,26,27)/t18?,19-/m0/s1. The molecule has 0 saturated carbocycles. The van der Waals surface area contributed by atoms with Gasteiger partial charge in [-0.05, 0) is 17.7 Å². The van der Waals surface area contributed by atoms with Gasteiger partial charge in [-0.15, -0.1) is 0 Å². The van der Waals surface area contributed by atoms with Crippen molar-refractivity contribution in [3.05, 3.63) is 66.0 Å². The molecule has 0 radical (unpaired) electrons. The number of nitrogens with zero attached hydrogens (tertiary/aromatic N) is 1. The number of carboxylic acids is 1. The van der Waals surface area contributed by atoms with Gasteiger partial charge in [0.15, 0.2) is 5.78 Å². The monoisotopic (exact) mass is 474 g/mol. The molecule has 33 heavy (non-hydrogen) atoms. The van der Waals surface area contributed by atoms with E-state index < -0.39 is 30.0 Å². The first-order valence-electron chi connectivity index (χ1n) is 10.2. The minimum Gasteiger partial charge on any atom is -0.481 e. The predicted octanol–water partition coefficient (Wildman–Crippen LogP) is 2.60. The van der Waals surface area contributed by atoms with Gasteiger partial charge < -0.3 is 19.9 Å². The summed E-state index contributed by atoms with van der Waals surface area (Å²) in [5.41, 5.74) is 1.32. The lowest BCUT2D eigenvalue weighted by Crippen LogP contribution is -2.44. The summed E-state index contributed by atoms with van der Waals surface area (Å²) in [5.74, 6) is -2.72. The fraction of sp³-hybridized carbons (Fsp3) is 0.348. The van der Waals surface area contributed by atoms with Crippen LogP contribution in [0.5, 0.6) is 0 Å². The molecular weight excluding hydrogens is 448 g/mol. The molecule has 2 rings (SSSR count). The van der Waals surface area contributed by atoms with Gasteiger partial charge in [-0.3, -0.25) is 14.6 Å².